The molecule has 4 fully saturated rings. The molecule has 2 heteroatoms. The fraction of sp³-hybridized carbons (Fsp3) is 0.952. The second-order valence-corrected chi connectivity index (χ2v) is 9.36. The molecule has 0 heterocycles. The van der Waals surface area contributed by atoms with Gasteiger partial charge in [0.1, 0.15) is 5.78 Å². The van der Waals surface area contributed by atoms with Crippen LogP contribution in [0, 0.1) is 40.4 Å². The average Bonchev–Trinajstić information content (AvgIpc) is 2.82. The van der Waals surface area contributed by atoms with Crippen molar-refractivity contribution in [3.8, 4) is 0 Å². The zero-order valence-electron chi connectivity index (χ0n) is 17.0. The van der Waals surface area contributed by atoms with Gasteiger partial charge in [0.25, 0.3) is 0 Å². The number of Topliss-reactive ketones (excluding diaryl/α,β-unsaturated/α-hetero) is 1. The number of aliphatic hydroxyl groups is 1. The first-order valence-electron chi connectivity index (χ1n) is 10.8. The van der Waals surface area contributed by atoms with Gasteiger partial charge in [0, 0.05) is 8.64 Å². The van der Waals surface area contributed by atoms with Crippen LogP contribution in [-0.4, -0.2) is 17.0 Å². The highest BCUT2D eigenvalue weighted by molar-refractivity contribution is 5.79. The molecule has 4 aliphatic rings. The number of hydrogen-bond acceptors (Lipinski definition) is 2. The molecule has 0 spiro atoms. The number of carbonyl (C=O) groups excluding carboxylic acids is 1. The lowest BCUT2D eigenvalue weighted by Gasteiger charge is -2.60. The van der Waals surface area contributed by atoms with Crippen LogP contribution in [0.25, 0.3) is 0 Å². The van der Waals surface area contributed by atoms with Crippen LogP contribution in [0.15, 0.2) is 0 Å². The van der Waals surface area contributed by atoms with E-state index in [0.717, 1.165) is 44.9 Å². The Labute approximate surface area is 144 Å². The molecule has 1 N–H and O–H groups in total. The van der Waals surface area contributed by atoms with Gasteiger partial charge in [0.15, 0.2) is 0 Å². The molecule has 0 aliphatic heterocycles. The quantitative estimate of drug-likeness (QED) is 0.767. The summed E-state index contributed by atoms with van der Waals surface area (Å²) in [7, 11) is 0. The molecule has 0 aromatic rings. The van der Waals surface area contributed by atoms with Crippen molar-refractivity contribution in [2.75, 3.05) is 0 Å². The molecule has 4 rings (SSSR count). The lowest BCUT2D eigenvalue weighted by atomic mass is 9.44. The van der Waals surface area contributed by atoms with Crippen molar-refractivity contribution >= 4 is 5.78 Å². The largest absolute Gasteiger partial charge is 0.393 e. The number of rotatable bonds is 1. The minimum Gasteiger partial charge on any atom is -0.393 e. The summed E-state index contributed by atoms with van der Waals surface area (Å²) in [4.78, 5) is 12.3. The summed E-state index contributed by atoms with van der Waals surface area (Å²) in [6.45, 7) is 6.15. The first-order valence-corrected chi connectivity index (χ1v) is 9.77. The van der Waals surface area contributed by atoms with Crippen LogP contribution in [0.2, 0.25) is 0 Å². The van der Waals surface area contributed by atoms with Gasteiger partial charge in [-0.15, -0.1) is 0 Å². The van der Waals surface area contributed by atoms with Crippen LogP contribution in [-0.2, 0) is 4.79 Å². The zero-order chi connectivity index (χ0) is 18.3. The van der Waals surface area contributed by atoms with Crippen LogP contribution in [0.4, 0.5) is 0 Å². The number of ketones is 1. The van der Waals surface area contributed by atoms with E-state index in [1.165, 1.54) is 0 Å². The van der Waals surface area contributed by atoms with E-state index in [9.17, 15) is 9.90 Å². The predicted octanol–water partition coefficient (Wildman–Crippen LogP) is 4.60. The van der Waals surface area contributed by atoms with Crippen molar-refractivity contribution < 1.29 is 12.6 Å². The average molecular weight is 321 g/mol. The van der Waals surface area contributed by atoms with Crippen molar-refractivity contribution in [2.24, 2.45) is 40.4 Å². The third-order valence-electron chi connectivity index (χ3n) is 8.53. The predicted molar refractivity (Wildman–Crippen MR) is 91.9 cm³/mol. The standard InChI is InChI=1S/C21H34O2/c1-13(22)17-6-7-18-16-5-4-14-12-15(23)8-10-20(14,2)19(16)9-11-21(17,18)3/h14-19,23H,4-12H2,1-3H3/t14-,15+,16-,17+,18-,19-,20-,21+/m0/s1/i14D,17D. The molecular formula is C21H34O2. The van der Waals surface area contributed by atoms with Gasteiger partial charge < -0.3 is 5.11 Å². The lowest BCUT2D eigenvalue weighted by Crippen LogP contribution is -2.54. The van der Waals surface area contributed by atoms with Crippen LogP contribution in [0.1, 0.15) is 81.3 Å². The Bertz CT molecular complexity index is 594. The van der Waals surface area contributed by atoms with E-state index in [0.29, 0.717) is 30.6 Å². The van der Waals surface area contributed by atoms with Gasteiger partial charge in [0.05, 0.1) is 6.10 Å². The lowest BCUT2D eigenvalue weighted by molar-refractivity contribution is -0.138. The number of aliphatic hydroxyl groups excluding tert-OH is 1. The molecule has 0 aromatic carbocycles. The summed E-state index contributed by atoms with van der Waals surface area (Å²) in [5.74, 6) is 0.204. The maximum Gasteiger partial charge on any atom is 0.133 e. The molecule has 23 heavy (non-hydrogen) atoms. The monoisotopic (exact) mass is 320 g/mol. The van der Waals surface area contributed by atoms with Gasteiger partial charge in [-0.2, -0.15) is 0 Å². The highest BCUT2D eigenvalue weighted by Crippen LogP contribution is 2.67. The second-order valence-electron chi connectivity index (χ2n) is 9.36. The second kappa shape index (κ2) is 5.31. The molecule has 2 nitrogen and oxygen atoms in total. The highest BCUT2D eigenvalue weighted by Gasteiger charge is 2.60. The minimum atomic E-state index is -0.901. The summed E-state index contributed by atoms with van der Waals surface area (Å²) >= 11 is 0. The van der Waals surface area contributed by atoms with E-state index in [2.05, 4.69) is 13.8 Å². The van der Waals surface area contributed by atoms with E-state index in [-0.39, 0.29) is 22.7 Å². The Morgan fingerprint density at radius 2 is 1.70 bits per heavy atom. The van der Waals surface area contributed by atoms with E-state index in [1.54, 1.807) is 6.92 Å². The van der Waals surface area contributed by atoms with Crippen molar-refractivity contribution in [3.63, 3.8) is 0 Å². The summed E-state index contributed by atoms with van der Waals surface area (Å²) in [6.07, 6.45) is 7.77. The molecule has 0 amide bonds. The third-order valence-corrected chi connectivity index (χ3v) is 8.53. The maximum atomic E-state index is 12.3. The van der Waals surface area contributed by atoms with E-state index in [1.807, 2.05) is 0 Å². The SMILES string of the molecule is [2H][C@@]12CC[C@H]3[C@@H]4CC[C@]([2H])(C(C)=O)[C@@]4(C)CC[C@@H]3[C@@]1(C)CC[C@@H](O)C2. The molecule has 0 radical (unpaired) electrons. The van der Waals surface area contributed by atoms with Gasteiger partial charge in [-0.1, -0.05) is 13.8 Å². The minimum absolute atomic E-state index is 0.0139. The van der Waals surface area contributed by atoms with Gasteiger partial charge in [-0.3, -0.25) is 4.79 Å². The number of carbonyl (C=O) groups is 1. The van der Waals surface area contributed by atoms with E-state index >= 15 is 0 Å². The van der Waals surface area contributed by atoms with E-state index in [4.69, 9.17) is 2.74 Å². The Balaban J connectivity index is 1.68. The van der Waals surface area contributed by atoms with Gasteiger partial charge in [-0.05, 0) is 99.2 Å². The molecule has 4 saturated carbocycles. The number of hydrogen-bond donors (Lipinski definition) is 1. The molecule has 0 aromatic heterocycles. The Morgan fingerprint density at radius 1 is 1.00 bits per heavy atom. The van der Waals surface area contributed by atoms with Gasteiger partial charge in [0.2, 0.25) is 0 Å². The smallest absolute Gasteiger partial charge is 0.133 e. The van der Waals surface area contributed by atoms with E-state index < -0.39 is 11.8 Å². The molecule has 8 atom stereocenters. The van der Waals surface area contributed by atoms with Crippen LogP contribution in [0.3, 0.4) is 0 Å². The van der Waals surface area contributed by atoms with Crippen LogP contribution >= 0.6 is 0 Å². The normalized spacial score (nSPS) is 63.3. The third kappa shape index (κ3) is 2.19. The molecule has 0 unspecified atom stereocenters. The summed E-state index contributed by atoms with van der Waals surface area (Å²) in [5, 5.41) is 10.2. The first-order chi connectivity index (χ1) is 11.6. The Morgan fingerprint density at radius 3 is 2.43 bits per heavy atom. The zero-order valence-corrected chi connectivity index (χ0v) is 15.0. The molecular weight excluding hydrogens is 284 g/mol. The number of fused-ring (bicyclic) bond motifs is 5. The Hall–Kier alpha value is -0.370. The Kier molecular flexibility index (Phi) is 3.20. The van der Waals surface area contributed by atoms with Gasteiger partial charge >= 0.3 is 0 Å². The van der Waals surface area contributed by atoms with Crippen molar-refractivity contribution in [1.82, 2.24) is 0 Å². The topological polar surface area (TPSA) is 37.3 Å². The molecule has 0 saturated heterocycles. The maximum absolute atomic E-state index is 12.3. The molecule has 4 aliphatic carbocycles. The van der Waals surface area contributed by atoms with Crippen LogP contribution in [0.5, 0.6) is 0 Å². The molecule has 130 valence electrons. The first kappa shape index (κ1) is 13.9. The fourth-order valence-corrected chi connectivity index (χ4v) is 7.31. The van der Waals surface area contributed by atoms with Crippen LogP contribution < -0.4 is 0 Å². The van der Waals surface area contributed by atoms with Crippen molar-refractivity contribution in [1.29, 1.82) is 0 Å². The summed E-state index contributed by atoms with van der Waals surface area (Å²) < 4.78 is 18.1. The fourth-order valence-electron chi connectivity index (χ4n) is 7.31. The van der Waals surface area contributed by atoms with Gasteiger partial charge in [-0.25, -0.2) is 0 Å². The van der Waals surface area contributed by atoms with Crippen molar-refractivity contribution in [2.45, 2.75) is 84.7 Å². The molecule has 0 bridgehead atoms. The highest BCUT2D eigenvalue weighted by atomic mass is 16.3. The summed E-state index contributed by atoms with van der Waals surface area (Å²) in [6, 6.07) is 0. The summed E-state index contributed by atoms with van der Waals surface area (Å²) in [5.41, 5.74) is -0.202. The van der Waals surface area contributed by atoms with Crippen molar-refractivity contribution in [3.05, 3.63) is 0 Å².